The molecule has 5 heteroatoms. The molecule has 4 atom stereocenters. The van der Waals surface area contributed by atoms with Gasteiger partial charge < -0.3 is 26.0 Å². The Morgan fingerprint density at radius 2 is 2.25 bits per heavy atom. The van der Waals surface area contributed by atoms with Crippen LogP contribution >= 0.6 is 0 Å². The molecule has 1 rings (SSSR count). The Morgan fingerprint density at radius 3 is 2.83 bits per heavy atom. The molecular weight excluding hydrogens is 160 g/mol. The van der Waals surface area contributed by atoms with Gasteiger partial charge in [0.1, 0.15) is 6.10 Å². The molecule has 12 heavy (non-hydrogen) atoms. The molecule has 0 aromatic rings. The van der Waals surface area contributed by atoms with Gasteiger partial charge in [-0.15, -0.1) is 0 Å². The molecule has 5 N–H and O–H groups in total. The van der Waals surface area contributed by atoms with E-state index in [0.29, 0.717) is 6.61 Å². The predicted molar refractivity (Wildman–Crippen MR) is 43.3 cm³/mol. The molecule has 5 nitrogen and oxygen atoms in total. The van der Waals surface area contributed by atoms with Gasteiger partial charge >= 0.3 is 0 Å². The number of nitrogens with two attached hydrogens (primary N) is 2. The number of hydrogen-bond acceptors (Lipinski definition) is 5. The fourth-order valence-corrected chi connectivity index (χ4v) is 1.24. The van der Waals surface area contributed by atoms with Crippen LogP contribution < -0.4 is 11.5 Å². The number of rotatable bonds is 2. The lowest BCUT2D eigenvalue weighted by molar-refractivity contribution is -0.211. The highest BCUT2D eigenvalue weighted by Gasteiger charge is 2.36. The highest BCUT2D eigenvalue weighted by atomic mass is 16.6. The molecule has 0 aliphatic carbocycles. The average Bonchev–Trinajstić information content (AvgIpc) is 2.06. The van der Waals surface area contributed by atoms with Crippen LogP contribution in [-0.4, -0.2) is 42.8 Å². The van der Waals surface area contributed by atoms with Crippen molar-refractivity contribution in [1.82, 2.24) is 0 Å². The molecular formula is C7H16N2O3. The quantitative estimate of drug-likeness (QED) is 0.471. The van der Waals surface area contributed by atoms with Crippen molar-refractivity contribution in [3.63, 3.8) is 0 Å². The van der Waals surface area contributed by atoms with Crippen molar-refractivity contribution in [3.05, 3.63) is 0 Å². The minimum atomic E-state index is -0.945. The lowest BCUT2D eigenvalue weighted by Crippen LogP contribution is -2.61. The Morgan fingerprint density at radius 1 is 1.58 bits per heavy atom. The van der Waals surface area contributed by atoms with Gasteiger partial charge in [0, 0.05) is 12.6 Å². The van der Waals surface area contributed by atoms with Crippen molar-refractivity contribution in [3.8, 4) is 0 Å². The van der Waals surface area contributed by atoms with Crippen LogP contribution in [0.15, 0.2) is 0 Å². The van der Waals surface area contributed by atoms with E-state index >= 15 is 0 Å². The van der Waals surface area contributed by atoms with Gasteiger partial charge in [0.2, 0.25) is 0 Å². The van der Waals surface area contributed by atoms with Gasteiger partial charge in [-0.3, -0.25) is 0 Å². The molecule has 1 heterocycles. The number of aliphatic hydroxyl groups excluding tert-OH is 1. The Bertz CT molecular complexity index is 145. The zero-order valence-corrected chi connectivity index (χ0v) is 7.14. The minimum absolute atomic E-state index is 0.259. The fourth-order valence-electron chi connectivity index (χ4n) is 1.24. The first-order valence-electron chi connectivity index (χ1n) is 4.09. The van der Waals surface area contributed by atoms with Crippen LogP contribution in [0.1, 0.15) is 6.92 Å². The zero-order valence-electron chi connectivity index (χ0n) is 7.14. The van der Waals surface area contributed by atoms with E-state index in [1.807, 2.05) is 6.92 Å². The Hall–Kier alpha value is -0.200. The summed E-state index contributed by atoms with van der Waals surface area (Å²) in [7, 11) is 0. The van der Waals surface area contributed by atoms with Crippen molar-refractivity contribution >= 4 is 0 Å². The van der Waals surface area contributed by atoms with Gasteiger partial charge in [-0.25, -0.2) is 0 Å². The van der Waals surface area contributed by atoms with E-state index in [9.17, 15) is 5.11 Å². The van der Waals surface area contributed by atoms with Crippen molar-refractivity contribution in [1.29, 1.82) is 0 Å². The number of aliphatic hydroxyl groups is 1. The van der Waals surface area contributed by atoms with Crippen LogP contribution in [-0.2, 0) is 9.47 Å². The third kappa shape index (κ3) is 1.94. The summed E-state index contributed by atoms with van der Waals surface area (Å²) in [6, 6.07) is -0.612. The summed E-state index contributed by atoms with van der Waals surface area (Å²) in [5.41, 5.74) is 11.3. The molecule has 1 aliphatic rings. The summed E-state index contributed by atoms with van der Waals surface area (Å²) in [6.07, 6.45) is -1.45. The molecule has 1 saturated heterocycles. The van der Waals surface area contributed by atoms with Crippen LogP contribution in [0.3, 0.4) is 0 Å². The average molecular weight is 176 g/mol. The monoisotopic (exact) mass is 176 g/mol. The smallest absolute Gasteiger partial charge is 0.182 e. The molecule has 0 spiro atoms. The Labute approximate surface area is 71.6 Å². The maximum absolute atomic E-state index is 9.31. The summed E-state index contributed by atoms with van der Waals surface area (Å²) < 4.78 is 10.1. The van der Waals surface area contributed by atoms with E-state index in [1.165, 1.54) is 0 Å². The van der Waals surface area contributed by atoms with Crippen LogP contribution in [0.2, 0.25) is 0 Å². The lowest BCUT2D eigenvalue weighted by atomic mass is 10.0. The number of ether oxygens (including phenoxy) is 2. The molecule has 0 bridgehead atoms. The van der Waals surface area contributed by atoms with Crippen LogP contribution in [0, 0.1) is 0 Å². The lowest BCUT2D eigenvalue weighted by Gasteiger charge is -2.36. The second kappa shape index (κ2) is 4.15. The Kier molecular flexibility index (Phi) is 3.42. The molecule has 0 unspecified atom stereocenters. The maximum atomic E-state index is 9.31. The van der Waals surface area contributed by atoms with Crippen molar-refractivity contribution in [2.45, 2.75) is 31.4 Å². The van der Waals surface area contributed by atoms with Gasteiger partial charge in [-0.1, -0.05) is 0 Å². The molecule has 0 amide bonds. The summed E-state index contributed by atoms with van der Waals surface area (Å²) in [6.45, 7) is 2.61. The second-order valence-electron chi connectivity index (χ2n) is 2.89. The summed E-state index contributed by atoms with van der Waals surface area (Å²) >= 11 is 0. The highest BCUT2D eigenvalue weighted by molar-refractivity contribution is 4.89. The molecule has 1 fully saturated rings. The van der Waals surface area contributed by atoms with Gasteiger partial charge in [0.05, 0.1) is 12.6 Å². The van der Waals surface area contributed by atoms with Crippen LogP contribution in [0.5, 0.6) is 0 Å². The molecule has 1 aliphatic heterocycles. The zero-order chi connectivity index (χ0) is 9.14. The third-order valence-electron chi connectivity index (χ3n) is 1.97. The van der Waals surface area contributed by atoms with Crippen LogP contribution in [0.25, 0.3) is 0 Å². The van der Waals surface area contributed by atoms with E-state index in [-0.39, 0.29) is 18.7 Å². The van der Waals surface area contributed by atoms with E-state index in [4.69, 9.17) is 20.9 Å². The van der Waals surface area contributed by atoms with Gasteiger partial charge in [-0.2, -0.15) is 0 Å². The SMILES string of the molecule is CCO[C@@H]1[C@@H](N)[C@H](N)CO[C@@H]1O. The van der Waals surface area contributed by atoms with Gasteiger partial charge in [0.15, 0.2) is 6.29 Å². The van der Waals surface area contributed by atoms with Crippen molar-refractivity contribution in [2.24, 2.45) is 11.5 Å². The summed E-state index contributed by atoms with van der Waals surface area (Å²) in [5.74, 6) is 0. The minimum Gasteiger partial charge on any atom is -0.372 e. The predicted octanol–water partition coefficient (Wildman–Crippen LogP) is -1.61. The summed E-state index contributed by atoms with van der Waals surface area (Å²) in [4.78, 5) is 0. The van der Waals surface area contributed by atoms with Crippen molar-refractivity contribution < 1.29 is 14.6 Å². The first-order valence-corrected chi connectivity index (χ1v) is 4.09. The largest absolute Gasteiger partial charge is 0.372 e. The normalized spacial score (nSPS) is 43.0. The molecule has 0 aromatic heterocycles. The molecule has 0 aromatic carbocycles. The third-order valence-corrected chi connectivity index (χ3v) is 1.97. The molecule has 0 radical (unpaired) electrons. The fraction of sp³-hybridized carbons (Fsp3) is 1.00. The molecule has 0 saturated carbocycles. The first kappa shape index (κ1) is 9.88. The van der Waals surface area contributed by atoms with E-state index < -0.39 is 12.4 Å². The molecule has 72 valence electrons. The number of hydrogen-bond donors (Lipinski definition) is 3. The van der Waals surface area contributed by atoms with E-state index in [0.717, 1.165) is 0 Å². The maximum Gasteiger partial charge on any atom is 0.182 e. The highest BCUT2D eigenvalue weighted by Crippen LogP contribution is 2.13. The standard InChI is InChI=1S/C7H16N2O3/c1-2-11-6-5(9)4(8)3-12-7(6)10/h4-7,10H,2-3,8-9H2,1H3/t4-,5+,6-,7+/m1/s1. The Balaban J connectivity index is 2.52. The van der Waals surface area contributed by atoms with E-state index in [1.54, 1.807) is 0 Å². The van der Waals surface area contributed by atoms with E-state index in [2.05, 4.69) is 0 Å². The first-order chi connectivity index (χ1) is 5.66. The topological polar surface area (TPSA) is 90.7 Å². The second-order valence-corrected chi connectivity index (χ2v) is 2.89. The summed E-state index contributed by atoms with van der Waals surface area (Å²) in [5, 5.41) is 9.31. The van der Waals surface area contributed by atoms with Gasteiger partial charge in [-0.05, 0) is 6.92 Å². The van der Waals surface area contributed by atoms with Crippen LogP contribution in [0.4, 0.5) is 0 Å². The van der Waals surface area contributed by atoms with Gasteiger partial charge in [0.25, 0.3) is 0 Å². The van der Waals surface area contributed by atoms with Crippen molar-refractivity contribution in [2.75, 3.05) is 13.2 Å².